The third-order valence-corrected chi connectivity index (χ3v) is 4.38. The molecule has 6 nitrogen and oxygen atoms in total. The summed E-state index contributed by atoms with van der Waals surface area (Å²) in [4.78, 5) is 23.9. The minimum absolute atomic E-state index is 0.0476. The molecule has 0 unspecified atom stereocenters. The van der Waals surface area contributed by atoms with Gasteiger partial charge in [-0.2, -0.15) is 0 Å². The lowest BCUT2D eigenvalue weighted by molar-refractivity contribution is -0.121. The minimum atomic E-state index is -0.753. The molecule has 0 aliphatic carbocycles. The lowest BCUT2D eigenvalue weighted by Crippen LogP contribution is -2.36. The number of rotatable bonds is 8. The molecule has 0 saturated heterocycles. The Morgan fingerprint density at radius 1 is 0.933 bits per heavy atom. The number of nitrogens with one attached hydrogen (secondary N) is 2. The van der Waals surface area contributed by atoms with E-state index >= 15 is 0 Å². The molecule has 0 aromatic heterocycles. The fourth-order valence-corrected chi connectivity index (χ4v) is 2.94. The lowest BCUT2D eigenvalue weighted by Gasteiger charge is -2.19. The molecule has 3 amide bonds. The van der Waals surface area contributed by atoms with Crippen molar-refractivity contribution in [1.29, 1.82) is 0 Å². The van der Waals surface area contributed by atoms with E-state index in [-0.39, 0.29) is 18.9 Å². The van der Waals surface area contributed by atoms with E-state index < -0.39 is 17.9 Å². The van der Waals surface area contributed by atoms with Crippen molar-refractivity contribution in [3.63, 3.8) is 0 Å². The molecule has 0 saturated carbocycles. The number of benzene rings is 3. The second-order valence-electron chi connectivity index (χ2n) is 6.62. The van der Waals surface area contributed by atoms with Crippen LogP contribution in [0.4, 0.5) is 9.18 Å². The molecule has 0 bridgehead atoms. The summed E-state index contributed by atoms with van der Waals surface area (Å²) in [5.74, 6) is 0.472. The first-order valence-electron chi connectivity index (χ1n) is 9.40. The van der Waals surface area contributed by atoms with Gasteiger partial charge in [0.05, 0.1) is 12.5 Å². The highest BCUT2D eigenvalue weighted by Gasteiger charge is 2.18. The van der Waals surface area contributed by atoms with Crippen molar-refractivity contribution in [3.8, 4) is 11.5 Å². The summed E-state index contributed by atoms with van der Waals surface area (Å²) >= 11 is 0. The maximum atomic E-state index is 13.7. The van der Waals surface area contributed by atoms with Crippen LogP contribution in [0.5, 0.6) is 11.5 Å². The molecule has 0 aliphatic heterocycles. The highest BCUT2D eigenvalue weighted by atomic mass is 19.1. The summed E-state index contributed by atoms with van der Waals surface area (Å²) in [6.07, 6.45) is -0.0633. The number of primary amides is 1. The smallest absolute Gasteiger partial charge is 0.312 e. The van der Waals surface area contributed by atoms with Crippen molar-refractivity contribution in [2.45, 2.75) is 19.0 Å². The second kappa shape index (κ2) is 10.1. The third-order valence-electron chi connectivity index (χ3n) is 4.38. The molecule has 0 spiro atoms. The summed E-state index contributed by atoms with van der Waals surface area (Å²) in [5, 5.41) is 5.24. The van der Waals surface area contributed by atoms with Crippen LogP contribution in [-0.4, -0.2) is 11.9 Å². The third kappa shape index (κ3) is 6.07. The van der Waals surface area contributed by atoms with Crippen molar-refractivity contribution >= 4 is 11.9 Å². The van der Waals surface area contributed by atoms with Gasteiger partial charge >= 0.3 is 6.03 Å². The van der Waals surface area contributed by atoms with E-state index in [2.05, 4.69) is 10.6 Å². The number of para-hydroxylation sites is 1. The number of hydrogen-bond donors (Lipinski definition) is 3. The van der Waals surface area contributed by atoms with Crippen LogP contribution in [0, 0.1) is 5.82 Å². The standard InChI is InChI=1S/C23H22FN3O3/c24-20-12-5-4-7-17(20)15-26-22(28)14-21(27-23(25)29)16-8-6-11-19(13-16)30-18-9-2-1-3-10-18/h1-13,21H,14-15H2,(H,26,28)(H3,25,27,29)/t21-/m0/s1. The zero-order chi connectivity index (χ0) is 21.3. The number of carbonyl (C=O) groups is 2. The Bertz CT molecular complexity index is 1010. The van der Waals surface area contributed by atoms with Crippen molar-refractivity contribution in [2.24, 2.45) is 5.73 Å². The van der Waals surface area contributed by atoms with Crippen LogP contribution < -0.4 is 21.1 Å². The molecule has 0 heterocycles. The summed E-state index contributed by atoms with van der Waals surface area (Å²) in [6.45, 7) is 0.0476. The van der Waals surface area contributed by atoms with E-state index in [0.717, 1.165) is 0 Å². The Kier molecular flexibility index (Phi) is 7.00. The highest BCUT2D eigenvalue weighted by molar-refractivity contribution is 5.78. The Balaban J connectivity index is 1.69. The Morgan fingerprint density at radius 2 is 1.63 bits per heavy atom. The Morgan fingerprint density at radius 3 is 2.37 bits per heavy atom. The van der Waals surface area contributed by atoms with Crippen LogP contribution in [-0.2, 0) is 11.3 Å². The molecule has 3 aromatic rings. The van der Waals surface area contributed by atoms with E-state index in [0.29, 0.717) is 22.6 Å². The number of ether oxygens (including phenoxy) is 1. The molecule has 3 aromatic carbocycles. The second-order valence-corrected chi connectivity index (χ2v) is 6.62. The summed E-state index contributed by atoms with van der Waals surface area (Å²) in [5.41, 5.74) is 6.32. The van der Waals surface area contributed by atoms with Gasteiger partial charge in [-0.25, -0.2) is 9.18 Å². The maximum Gasteiger partial charge on any atom is 0.312 e. The normalized spacial score (nSPS) is 11.4. The van der Waals surface area contributed by atoms with Crippen molar-refractivity contribution in [2.75, 3.05) is 0 Å². The fraction of sp³-hybridized carbons (Fsp3) is 0.130. The van der Waals surface area contributed by atoms with Crippen LogP contribution in [0.15, 0.2) is 78.9 Å². The van der Waals surface area contributed by atoms with Crippen molar-refractivity contribution < 1.29 is 18.7 Å². The average molecular weight is 407 g/mol. The summed E-state index contributed by atoms with van der Waals surface area (Å²) in [6, 6.07) is 21.1. The molecule has 4 N–H and O–H groups in total. The van der Waals surface area contributed by atoms with Gasteiger partial charge in [-0.15, -0.1) is 0 Å². The average Bonchev–Trinajstić information content (AvgIpc) is 2.73. The van der Waals surface area contributed by atoms with E-state index in [9.17, 15) is 14.0 Å². The first-order chi connectivity index (χ1) is 14.5. The first kappa shape index (κ1) is 20.9. The summed E-state index contributed by atoms with van der Waals surface area (Å²) < 4.78 is 19.5. The van der Waals surface area contributed by atoms with Crippen LogP contribution in [0.1, 0.15) is 23.6 Å². The van der Waals surface area contributed by atoms with E-state index in [4.69, 9.17) is 10.5 Å². The predicted molar refractivity (Wildman–Crippen MR) is 111 cm³/mol. The molecule has 7 heteroatoms. The van der Waals surface area contributed by atoms with Crippen LogP contribution in [0.25, 0.3) is 0 Å². The molecular formula is C23H22FN3O3. The Hall–Kier alpha value is -3.87. The van der Waals surface area contributed by atoms with Gasteiger partial charge in [0, 0.05) is 12.1 Å². The quantitative estimate of drug-likeness (QED) is 0.526. The first-order valence-corrected chi connectivity index (χ1v) is 9.40. The number of nitrogens with two attached hydrogens (primary N) is 1. The number of hydrogen-bond acceptors (Lipinski definition) is 3. The maximum absolute atomic E-state index is 13.7. The number of carbonyl (C=O) groups excluding carboxylic acids is 2. The topological polar surface area (TPSA) is 93.5 Å². The number of halogens is 1. The van der Waals surface area contributed by atoms with Crippen LogP contribution in [0.2, 0.25) is 0 Å². The van der Waals surface area contributed by atoms with Gasteiger partial charge in [-0.3, -0.25) is 4.79 Å². The lowest BCUT2D eigenvalue weighted by atomic mass is 10.0. The zero-order valence-corrected chi connectivity index (χ0v) is 16.2. The number of amides is 3. The predicted octanol–water partition coefficient (Wildman–Crippen LogP) is 4.03. The molecule has 0 aliphatic rings. The number of urea groups is 1. The van der Waals surface area contributed by atoms with Gasteiger partial charge in [0.1, 0.15) is 17.3 Å². The molecule has 154 valence electrons. The van der Waals surface area contributed by atoms with Crippen LogP contribution in [0.3, 0.4) is 0 Å². The van der Waals surface area contributed by atoms with Crippen molar-refractivity contribution in [1.82, 2.24) is 10.6 Å². The Labute approximate surface area is 173 Å². The molecule has 1 atom stereocenters. The largest absolute Gasteiger partial charge is 0.457 e. The monoisotopic (exact) mass is 407 g/mol. The SMILES string of the molecule is NC(=O)N[C@@H](CC(=O)NCc1ccccc1F)c1cccc(Oc2ccccc2)c1. The highest BCUT2D eigenvalue weighted by Crippen LogP contribution is 2.26. The molecule has 3 rings (SSSR count). The van der Waals surface area contributed by atoms with Gasteiger partial charge in [-0.05, 0) is 35.9 Å². The molecule has 0 radical (unpaired) electrons. The van der Waals surface area contributed by atoms with Crippen molar-refractivity contribution in [3.05, 3.63) is 95.8 Å². The van der Waals surface area contributed by atoms with Gasteiger partial charge in [-0.1, -0.05) is 48.5 Å². The zero-order valence-electron chi connectivity index (χ0n) is 16.2. The molecule has 30 heavy (non-hydrogen) atoms. The van der Waals surface area contributed by atoms with Gasteiger partial charge in [0.15, 0.2) is 0 Å². The van der Waals surface area contributed by atoms with E-state index in [1.165, 1.54) is 6.07 Å². The van der Waals surface area contributed by atoms with Gasteiger partial charge in [0.25, 0.3) is 0 Å². The molecule has 0 fully saturated rings. The van der Waals surface area contributed by atoms with Gasteiger partial charge in [0.2, 0.25) is 5.91 Å². The van der Waals surface area contributed by atoms with Gasteiger partial charge < -0.3 is 21.1 Å². The minimum Gasteiger partial charge on any atom is -0.457 e. The molecular weight excluding hydrogens is 385 g/mol. The van der Waals surface area contributed by atoms with E-state index in [1.807, 2.05) is 30.3 Å². The fourth-order valence-electron chi connectivity index (χ4n) is 2.94. The van der Waals surface area contributed by atoms with Crippen LogP contribution >= 0.6 is 0 Å². The van der Waals surface area contributed by atoms with E-state index in [1.54, 1.807) is 42.5 Å². The summed E-state index contributed by atoms with van der Waals surface area (Å²) in [7, 11) is 0.